The average molecular weight is 364 g/mol. The van der Waals surface area contributed by atoms with Gasteiger partial charge in [0.1, 0.15) is 12.1 Å². The van der Waals surface area contributed by atoms with Crippen LogP contribution >= 0.6 is 11.8 Å². The number of rotatable bonds is 8. The molecule has 3 amide bonds. The predicted octanol–water partition coefficient (Wildman–Crippen LogP) is 1.22. The Labute approximate surface area is 150 Å². The van der Waals surface area contributed by atoms with E-state index >= 15 is 0 Å². The molecule has 0 aromatic heterocycles. The van der Waals surface area contributed by atoms with Crippen molar-refractivity contribution in [3.05, 3.63) is 29.8 Å². The second-order valence-corrected chi connectivity index (χ2v) is 6.05. The van der Waals surface area contributed by atoms with Gasteiger partial charge in [-0.3, -0.25) is 4.79 Å². The summed E-state index contributed by atoms with van der Waals surface area (Å²) in [5.74, 6) is -0.723. The molecule has 1 rings (SSSR count). The van der Waals surface area contributed by atoms with E-state index in [4.69, 9.17) is 15.7 Å². The summed E-state index contributed by atoms with van der Waals surface area (Å²) < 4.78 is 5.10. The lowest BCUT2D eigenvalue weighted by molar-refractivity contribution is -0.155. The molecule has 0 aliphatic heterocycles. The summed E-state index contributed by atoms with van der Waals surface area (Å²) in [6.45, 7) is 1.40. The summed E-state index contributed by atoms with van der Waals surface area (Å²) in [6, 6.07) is 6.66. The maximum absolute atomic E-state index is 12.2. The average Bonchev–Trinajstić information content (AvgIpc) is 2.58. The van der Waals surface area contributed by atoms with Crippen LogP contribution in [0.15, 0.2) is 24.3 Å². The lowest BCUT2D eigenvalue weighted by Crippen LogP contribution is -2.46. The number of primary amides is 1. The first-order valence-corrected chi connectivity index (χ1v) is 8.83. The predicted molar refractivity (Wildman–Crippen MR) is 94.8 cm³/mol. The maximum Gasteiger partial charge on any atom is 0.329 e. The van der Waals surface area contributed by atoms with Crippen LogP contribution in [0, 0.1) is 11.3 Å². The normalized spacial score (nSPS) is 12.4. The molecule has 4 N–H and O–H groups in total. The zero-order chi connectivity index (χ0) is 18.8. The first-order chi connectivity index (χ1) is 11.9. The fourth-order valence-electron chi connectivity index (χ4n) is 1.89. The highest BCUT2D eigenvalue weighted by Crippen LogP contribution is 2.14. The van der Waals surface area contributed by atoms with Crippen molar-refractivity contribution in [3.8, 4) is 6.07 Å². The number of carbonyl (C=O) groups is 3. The zero-order valence-electron chi connectivity index (χ0n) is 13.9. The fraction of sp³-hybridized carbons (Fsp3) is 0.375. The molecule has 2 atom stereocenters. The van der Waals surface area contributed by atoms with E-state index in [0.717, 1.165) is 0 Å². The highest BCUT2D eigenvalue weighted by molar-refractivity contribution is 7.98. The second kappa shape index (κ2) is 10.2. The van der Waals surface area contributed by atoms with Gasteiger partial charge in [0.25, 0.3) is 5.91 Å². The van der Waals surface area contributed by atoms with Crippen LogP contribution in [0.4, 0.5) is 10.5 Å². The van der Waals surface area contributed by atoms with Gasteiger partial charge in [0.2, 0.25) is 0 Å². The van der Waals surface area contributed by atoms with E-state index in [1.54, 1.807) is 24.3 Å². The van der Waals surface area contributed by atoms with E-state index in [1.807, 2.05) is 12.3 Å². The molecule has 0 spiro atoms. The number of nitriles is 1. The molecule has 1 aromatic rings. The summed E-state index contributed by atoms with van der Waals surface area (Å²) in [5.41, 5.74) is 5.67. The van der Waals surface area contributed by atoms with Gasteiger partial charge in [-0.05, 0) is 37.5 Å². The monoisotopic (exact) mass is 364 g/mol. The highest BCUT2D eigenvalue weighted by atomic mass is 32.2. The Morgan fingerprint density at radius 1 is 1.36 bits per heavy atom. The number of esters is 1. The van der Waals surface area contributed by atoms with Gasteiger partial charge in [-0.1, -0.05) is 12.1 Å². The Morgan fingerprint density at radius 3 is 2.64 bits per heavy atom. The number of nitrogens with one attached hydrogen (secondary N) is 2. The number of nitrogens with two attached hydrogens (primary N) is 1. The maximum atomic E-state index is 12.2. The van der Waals surface area contributed by atoms with Crippen LogP contribution in [-0.2, 0) is 14.3 Å². The van der Waals surface area contributed by atoms with Crippen LogP contribution in [0.2, 0.25) is 0 Å². The molecular formula is C16H20N4O4S. The molecule has 0 unspecified atom stereocenters. The van der Waals surface area contributed by atoms with Gasteiger partial charge in [0.05, 0.1) is 11.3 Å². The number of nitrogens with zero attached hydrogens (tertiary/aromatic N) is 1. The Bertz CT molecular complexity index is 674. The first kappa shape index (κ1) is 20.3. The SMILES string of the molecule is CSCC[C@H](NC(N)=O)C(=O)O[C@H](C)C(=O)Nc1ccccc1C#N. The van der Waals surface area contributed by atoms with E-state index in [-0.39, 0.29) is 0 Å². The molecule has 0 aliphatic rings. The van der Waals surface area contributed by atoms with Crippen LogP contribution in [0.3, 0.4) is 0 Å². The van der Waals surface area contributed by atoms with E-state index in [1.165, 1.54) is 18.7 Å². The Kier molecular flexibility index (Phi) is 8.29. The Hall–Kier alpha value is -2.73. The topological polar surface area (TPSA) is 134 Å². The third-order valence-electron chi connectivity index (χ3n) is 3.18. The van der Waals surface area contributed by atoms with Crippen molar-refractivity contribution in [3.63, 3.8) is 0 Å². The number of hydrogen-bond donors (Lipinski definition) is 3. The van der Waals surface area contributed by atoms with Crippen molar-refractivity contribution in [2.45, 2.75) is 25.5 Å². The highest BCUT2D eigenvalue weighted by Gasteiger charge is 2.26. The number of thioether (sulfide) groups is 1. The number of benzene rings is 1. The number of hydrogen-bond acceptors (Lipinski definition) is 6. The molecule has 9 heteroatoms. The van der Waals surface area contributed by atoms with Gasteiger partial charge in [-0.15, -0.1) is 0 Å². The summed E-state index contributed by atoms with van der Waals surface area (Å²) in [5, 5.41) is 13.9. The molecule has 0 saturated carbocycles. The van der Waals surface area contributed by atoms with Crippen molar-refractivity contribution in [2.24, 2.45) is 5.73 Å². The molecular weight excluding hydrogens is 344 g/mol. The molecule has 0 heterocycles. The number of para-hydroxylation sites is 1. The largest absolute Gasteiger partial charge is 0.451 e. The molecule has 0 aliphatic carbocycles. The van der Waals surface area contributed by atoms with Crippen LogP contribution < -0.4 is 16.4 Å². The van der Waals surface area contributed by atoms with E-state index in [0.29, 0.717) is 23.4 Å². The van der Waals surface area contributed by atoms with Gasteiger partial charge in [0, 0.05) is 0 Å². The molecule has 0 bridgehead atoms. The number of amides is 3. The molecule has 0 saturated heterocycles. The van der Waals surface area contributed by atoms with Gasteiger partial charge in [-0.2, -0.15) is 17.0 Å². The van der Waals surface area contributed by atoms with Crippen LogP contribution in [0.25, 0.3) is 0 Å². The number of anilines is 1. The molecule has 0 fully saturated rings. The zero-order valence-corrected chi connectivity index (χ0v) is 14.8. The van der Waals surface area contributed by atoms with Crippen molar-refractivity contribution in [1.82, 2.24) is 5.32 Å². The minimum absolute atomic E-state index is 0.294. The van der Waals surface area contributed by atoms with Crippen molar-refractivity contribution in [2.75, 3.05) is 17.3 Å². The molecule has 0 radical (unpaired) electrons. The minimum atomic E-state index is -1.11. The summed E-state index contributed by atoms with van der Waals surface area (Å²) in [7, 11) is 0. The lowest BCUT2D eigenvalue weighted by atomic mass is 10.2. The van der Waals surface area contributed by atoms with Crippen molar-refractivity contribution >= 4 is 35.4 Å². The molecule has 134 valence electrons. The van der Waals surface area contributed by atoms with Crippen LogP contribution in [0.5, 0.6) is 0 Å². The number of ether oxygens (including phenoxy) is 1. The van der Waals surface area contributed by atoms with E-state index < -0.39 is 30.1 Å². The molecule has 8 nitrogen and oxygen atoms in total. The molecule has 25 heavy (non-hydrogen) atoms. The number of carbonyl (C=O) groups excluding carboxylic acids is 3. The smallest absolute Gasteiger partial charge is 0.329 e. The third-order valence-corrected chi connectivity index (χ3v) is 3.82. The van der Waals surface area contributed by atoms with Gasteiger partial charge < -0.3 is 21.1 Å². The quantitative estimate of drug-likeness (QED) is 0.594. The Morgan fingerprint density at radius 2 is 2.04 bits per heavy atom. The lowest BCUT2D eigenvalue weighted by Gasteiger charge is -2.19. The van der Waals surface area contributed by atoms with Crippen LogP contribution in [0.1, 0.15) is 18.9 Å². The second-order valence-electron chi connectivity index (χ2n) is 5.07. The van der Waals surface area contributed by atoms with Gasteiger partial charge in [0.15, 0.2) is 6.10 Å². The summed E-state index contributed by atoms with van der Waals surface area (Å²) in [6.07, 6.45) is 1.08. The summed E-state index contributed by atoms with van der Waals surface area (Å²) >= 11 is 1.50. The number of urea groups is 1. The van der Waals surface area contributed by atoms with E-state index in [9.17, 15) is 14.4 Å². The van der Waals surface area contributed by atoms with Crippen molar-refractivity contribution < 1.29 is 19.1 Å². The molecule has 1 aromatic carbocycles. The summed E-state index contributed by atoms with van der Waals surface area (Å²) in [4.78, 5) is 35.3. The van der Waals surface area contributed by atoms with Gasteiger partial charge in [-0.25, -0.2) is 9.59 Å². The van der Waals surface area contributed by atoms with Crippen LogP contribution in [-0.4, -0.2) is 42.1 Å². The Balaban J connectivity index is 2.70. The minimum Gasteiger partial charge on any atom is -0.451 e. The van der Waals surface area contributed by atoms with Gasteiger partial charge >= 0.3 is 12.0 Å². The first-order valence-electron chi connectivity index (χ1n) is 7.44. The fourth-order valence-corrected chi connectivity index (χ4v) is 2.36. The van der Waals surface area contributed by atoms with Crippen molar-refractivity contribution in [1.29, 1.82) is 5.26 Å². The standard InChI is InChI=1S/C16H20N4O4S/c1-10(14(21)19-12-6-4-3-5-11(12)9-17)24-15(22)13(7-8-25-2)20-16(18)23/h3-6,10,13H,7-8H2,1-2H3,(H,19,21)(H3,18,20,23)/t10-,13+/m1/s1. The van der Waals surface area contributed by atoms with E-state index in [2.05, 4.69) is 10.6 Å². The third kappa shape index (κ3) is 6.73.